The molecule has 0 saturated heterocycles. The highest BCUT2D eigenvalue weighted by atomic mass is 32.2. The highest BCUT2D eigenvalue weighted by Crippen LogP contribution is 2.43. The Bertz CT molecular complexity index is 1150. The zero-order valence-corrected chi connectivity index (χ0v) is 18.5. The van der Waals surface area contributed by atoms with Crippen LogP contribution in [0.5, 0.6) is 5.75 Å². The van der Waals surface area contributed by atoms with Crippen molar-refractivity contribution in [3.8, 4) is 17.6 Å². The molecule has 3 aromatic rings. The largest absolute Gasteiger partial charge is 0.493 e. The van der Waals surface area contributed by atoms with Crippen molar-refractivity contribution in [1.29, 1.82) is 0 Å². The average Bonchev–Trinajstić information content (AvgIpc) is 2.75. The third kappa shape index (κ3) is 4.95. The third-order valence-electron chi connectivity index (χ3n) is 5.46. The van der Waals surface area contributed by atoms with Crippen LogP contribution in [0.3, 0.4) is 0 Å². The minimum atomic E-state index is -0.932. The second kappa shape index (κ2) is 8.91. The third-order valence-corrected chi connectivity index (χ3v) is 6.44. The van der Waals surface area contributed by atoms with Gasteiger partial charge in [-0.2, -0.15) is 0 Å². The second-order valence-corrected chi connectivity index (χ2v) is 9.36. The Morgan fingerprint density at radius 2 is 1.81 bits per heavy atom. The molecule has 0 bridgehead atoms. The van der Waals surface area contributed by atoms with Gasteiger partial charge in [-0.05, 0) is 60.4 Å². The zero-order valence-electron chi connectivity index (χ0n) is 17.6. The number of hydrogen-bond acceptors (Lipinski definition) is 3. The van der Waals surface area contributed by atoms with Crippen LogP contribution in [0.25, 0.3) is 0 Å². The molecular formula is C27H24O3S. The van der Waals surface area contributed by atoms with E-state index in [-0.39, 0.29) is 11.0 Å². The first-order valence-corrected chi connectivity index (χ1v) is 11.1. The summed E-state index contributed by atoms with van der Waals surface area (Å²) in [6, 6.07) is 21.4. The molecule has 4 heteroatoms. The van der Waals surface area contributed by atoms with Crippen LogP contribution in [0.15, 0.2) is 76.5 Å². The number of carbonyl (C=O) groups is 1. The highest BCUT2D eigenvalue weighted by molar-refractivity contribution is 7.99. The summed E-state index contributed by atoms with van der Waals surface area (Å²) >= 11 is 1.75. The van der Waals surface area contributed by atoms with E-state index in [1.807, 2.05) is 6.07 Å². The number of fused-ring (bicyclic) bond motifs is 1. The molecule has 0 aliphatic carbocycles. The number of aromatic carboxylic acids is 1. The Morgan fingerprint density at radius 3 is 2.52 bits per heavy atom. The smallest absolute Gasteiger partial charge is 0.335 e. The molecule has 0 radical (unpaired) electrons. The number of rotatable bonds is 4. The Hall–Kier alpha value is -3.16. The Balaban J connectivity index is 1.64. The van der Waals surface area contributed by atoms with E-state index in [1.165, 1.54) is 15.4 Å². The molecule has 0 atom stereocenters. The molecular weight excluding hydrogens is 404 g/mol. The van der Waals surface area contributed by atoms with Gasteiger partial charge in [0.05, 0.1) is 12.2 Å². The Kier molecular flexibility index (Phi) is 6.06. The maximum absolute atomic E-state index is 11.0. The first-order chi connectivity index (χ1) is 14.9. The van der Waals surface area contributed by atoms with E-state index in [9.17, 15) is 4.79 Å². The lowest BCUT2D eigenvalue weighted by molar-refractivity contribution is 0.0697. The maximum Gasteiger partial charge on any atom is 0.335 e. The number of ether oxygens (including phenoxy) is 1. The van der Waals surface area contributed by atoms with Gasteiger partial charge >= 0.3 is 5.97 Å². The summed E-state index contributed by atoms with van der Waals surface area (Å²) in [6.07, 6.45) is 1.56. The average molecular weight is 429 g/mol. The molecule has 0 spiro atoms. The Morgan fingerprint density at radius 1 is 1.06 bits per heavy atom. The van der Waals surface area contributed by atoms with Crippen LogP contribution in [0.4, 0.5) is 0 Å². The van der Waals surface area contributed by atoms with Crippen molar-refractivity contribution >= 4 is 17.7 Å². The summed E-state index contributed by atoms with van der Waals surface area (Å²) in [5, 5.41) is 9.04. The van der Waals surface area contributed by atoms with Crippen molar-refractivity contribution in [1.82, 2.24) is 0 Å². The fraction of sp³-hybridized carbons (Fsp3) is 0.222. The lowest BCUT2D eigenvalue weighted by Crippen LogP contribution is -2.27. The summed E-state index contributed by atoms with van der Waals surface area (Å²) in [5.74, 6) is 6.43. The molecule has 0 fully saturated rings. The van der Waals surface area contributed by atoms with E-state index >= 15 is 0 Å². The van der Waals surface area contributed by atoms with Crippen LogP contribution in [-0.4, -0.2) is 17.7 Å². The molecule has 0 aromatic heterocycles. The molecule has 1 N–H and O–H groups in total. The fourth-order valence-corrected chi connectivity index (χ4v) is 4.57. The van der Waals surface area contributed by atoms with Gasteiger partial charge in [-0.3, -0.25) is 0 Å². The van der Waals surface area contributed by atoms with Crippen LogP contribution >= 0.6 is 11.8 Å². The molecule has 31 heavy (non-hydrogen) atoms. The minimum Gasteiger partial charge on any atom is -0.493 e. The Labute approximate surface area is 187 Å². The van der Waals surface area contributed by atoms with Crippen molar-refractivity contribution in [2.75, 3.05) is 6.61 Å². The van der Waals surface area contributed by atoms with Gasteiger partial charge in [-0.15, -0.1) is 0 Å². The molecule has 156 valence electrons. The SMILES string of the molecule is CC1(C)CCOc2c(CC#Cc3ccc(C(=O)O)cc3)cc(Sc3ccccc3)cc21. The van der Waals surface area contributed by atoms with Crippen molar-refractivity contribution in [3.63, 3.8) is 0 Å². The minimum absolute atomic E-state index is 0.0513. The maximum atomic E-state index is 11.0. The summed E-state index contributed by atoms with van der Waals surface area (Å²) in [7, 11) is 0. The standard InChI is InChI=1S/C27H24O3S/c1-27(2)15-16-30-25-21(8-6-7-19-11-13-20(14-12-19)26(28)29)17-23(18-24(25)27)31-22-9-4-3-5-10-22/h3-5,9-14,17-18H,8,15-16H2,1-2H3,(H,28,29). The van der Waals surface area contributed by atoms with Crippen molar-refractivity contribution < 1.29 is 14.6 Å². The lowest BCUT2D eigenvalue weighted by Gasteiger charge is -2.34. The van der Waals surface area contributed by atoms with Crippen LogP contribution in [0, 0.1) is 11.8 Å². The van der Waals surface area contributed by atoms with E-state index in [2.05, 4.69) is 62.1 Å². The van der Waals surface area contributed by atoms with E-state index < -0.39 is 5.97 Å². The second-order valence-electron chi connectivity index (χ2n) is 8.22. The van der Waals surface area contributed by atoms with Gasteiger partial charge in [0.2, 0.25) is 0 Å². The topological polar surface area (TPSA) is 46.5 Å². The number of carboxylic acid groups (broad SMARTS) is 1. The van der Waals surface area contributed by atoms with Gasteiger partial charge in [0.1, 0.15) is 5.75 Å². The fourth-order valence-electron chi connectivity index (χ4n) is 3.63. The molecule has 0 saturated carbocycles. The predicted octanol–water partition coefficient (Wildman–Crippen LogP) is 6.19. The molecule has 1 aliphatic heterocycles. The quantitative estimate of drug-likeness (QED) is 0.503. The predicted molar refractivity (Wildman–Crippen MR) is 124 cm³/mol. The molecule has 0 amide bonds. The molecule has 3 nitrogen and oxygen atoms in total. The summed E-state index contributed by atoms with van der Waals surface area (Å²) in [5.41, 5.74) is 3.45. The van der Waals surface area contributed by atoms with Crippen molar-refractivity contribution in [2.24, 2.45) is 0 Å². The van der Waals surface area contributed by atoms with Crippen LogP contribution in [0.2, 0.25) is 0 Å². The molecule has 1 heterocycles. The van der Waals surface area contributed by atoms with Gasteiger partial charge in [0.15, 0.2) is 0 Å². The highest BCUT2D eigenvalue weighted by Gasteiger charge is 2.30. The summed E-state index contributed by atoms with van der Waals surface area (Å²) in [6.45, 7) is 5.25. The molecule has 0 unspecified atom stereocenters. The van der Waals surface area contributed by atoms with E-state index in [0.717, 1.165) is 23.3 Å². The van der Waals surface area contributed by atoms with Crippen molar-refractivity contribution in [3.05, 3.63) is 89.0 Å². The number of hydrogen-bond donors (Lipinski definition) is 1. The molecule has 3 aromatic carbocycles. The van der Waals surface area contributed by atoms with Crippen LogP contribution in [-0.2, 0) is 11.8 Å². The van der Waals surface area contributed by atoms with E-state index in [0.29, 0.717) is 13.0 Å². The summed E-state index contributed by atoms with van der Waals surface area (Å²) < 4.78 is 6.10. The van der Waals surface area contributed by atoms with Crippen LogP contribution in [0.1, 0.15) is 47.3 Å². The van der Waals surface area contributed by atoms with Gasteiger partial charge in [0, 0.05) is 32.9 Å². The van der Waals surface area contributed by atoms with Gasteiger partial charge in [0.25, 0.3) is 0 Å². The van der Waals surface area contributed by atoms with Crippen LogP contribution < -0.4 is 4.74 Å². The van der Waals surface area contributed by atoms with Crippen molar-refractivity contribution in [2.45, 2.75) is 41.9 Å². The monoisotopic (exact) mass is 428 g/mol. The normalized spacial score (nSPS) is 14.0. The van der Waals surface area contributed by atoms with E-state index in [4.69, 9.17) is 9.84 Å². The number of benzene rings is 3. The first kappa shape index (κ1) is 21.1. The van der Waals surface area contributed by atoms with E-state index in [1.54, 1.807) is 36.0 Å². The molecule has 1 aliphatic rings. The first-order valence-electron chi connectivity index (χ1n) is 10.3. The zero-order chi connectivity index (χ0) is 21.8. The van der Waals surface area contributed by atoms with Gasteiger partial charge in [-0.1, -0.05) is 55.6 Å². The summed E-state index contributed by atoms with van der Waals surface area (Å²) in [4.78, 5) is 13.4. The lowest BCUT2D eigenvalue weighted by atomic mass is 9.79. The van der Waals surface area contributed by atoms with Gasteiger partial charge in [-0.25, -0.2) is 4.79 Å². The number of carboxylic acids is 1. The van der Waals surface area contributed by atoms with Gasteiger partial charge < -0.3 is 9.84 Å². The molecule has 4 rings (SSSR count).